The Morgan fingerprint density at radius 1 is 0.846 bits per heavy atom. The number of benzene rings is 2. The van der Waals surface area contributed by atoms with E-state index in [0.717, 1.165) is 24.8 Å². The van der Waals surface area contributed by atoms with Crippen LogP contribution in [-0.4, -0.2) is 24.3 Å². The number of nitrogens with one attached hydrogen (secondary N) is 3. The molecule has 6 nitrogen and oxygen atoms in total. The van der Waals surface area contributed by atoms with Gasteiger partial charge in [0.1, 0.15) is 0 Å². The second kappa shape index (κ2) is 8.29. The maximum Gasteiger partial charge on any atom is 0.309 e. The minimum atomic E-state index is -0.829. The third-order valence-corrected chi connectivity index (χ3v) is 4.29. The van der Waals surface area contributed by atoms with Crippen LogP contribution in [0.3, 0.4) is 0 Å². The standard InChI is InChI=1S/C20H21N3O3/c24-18(23-17-10-9-15-7-4-8-16(15)11-17)13-22-20(26)19(25)21-12-14-5-2-1-3-6-14/h1-3,5-6,9-11H,4,7-8,12-13H2,(H,21,25)(H,22,26)(H,23,24). The lowest BCUT2D eigenvalue weighted by Gasteiger charge is -2.09. The number of hydrogen-bond donors (Lipinski definition) is 3. The minimum Gasteiger partial charge on any atom is -0.344 e. The van der Waals surface area contributed by atoms with E-state index in [2.05, 4.69) is 16.0 Å². The highest BCUT2D eigenvalue weighted by Crippen LogP contribution is 2.24. The third kappa shape index (κ3) is 4.69. The summed E-state index contributed by atoms with van der Waals surface area (Å²) in [6.45, 7) is 0.00307. The highest BCUT2D eigenvalue weighted by Gasteiger charge is 2.15. The smallest absolute Gasteiger partial charge is 0.309 e. The molecule has 0 fully saturated rings. The van der Waals surface area contributed by atoms with E-state index in [1.54, 1.807) is 0 Å². The van der Waals surface area contributed by atoms with E-state index in [1.165, 1.54) is 11.1 Å². The van der Waals surface area contributed by atoms with Gasteiger partial charge in [-0.3, -0.25) is 14.4 Å². The van der Waals surface area contributed by atoms with Crippen LogP contribution in [0.1, 0.15) is 23.1 Å². The normalized spacial score (nSPS) is 12.2. The second-order valence-electron chi connectivity index (χ2n) is 6.24. The molecule has 134 valence electrons. The molecule has 0 aliphatic heterocycles. The van der Waals surface area contributed by atoms with E-state index in [4.69, 9.17) is 0 Å². The molecule has 0 bridgehead atoms. The lowest BCUT2D eigenvalue weighted by Crippen LogP contribution is -2.42. The van der Waals surface area contributed by atoms with Crippen molar-refractivity contribution in [3.05, 3.63) is 65.2 Å². The maximum absolute atomic E-state index is 12.0. The summed E-state index contributed by atoms with van der Waals surface area (Å²) in [6, 6.07) is 15.1. The molecule has 3 rings (SSSR count). The van der Waals surface area contributed by atoms with Gasteiger partial charge in [-0.25, -0.2) is 0 Å². The molecule has 0 saturated heterocycles. The van der Waals surface area contributed by atoms with E-state index in [1.807, 2.05) is 48.5 Å². The van der Waals surface area contributed by atoms with Crippen LogP contribution in [0.15, 0.2) is 48.5 Å². The van der Waals surface area contributed by atoms with Crippen LogP contribution in [0.25, 0.3) is 0 Å². The molecular formula is C20H21N3O3. The monoisotopic (exact) mass is 351 g/mol. The molecule has 0 heterocycles. The van der Waals surface area contributed by atoms with Crippen molar-refractivity contribution in [2.75, 3.05) is 11.9 Å². The van der Waals surface area contributed by atoms with Crippen molar-refractivity contribution >= 4 is 23.4 Å². The third-order valence-electron chi connectivity index (χ3n) is 4.29. The van der Waals surface area contributed by atoms with E-state index < -0.39 is 11.8 Å². The van der Waals surface area contributed by atoms with Crippen molar-refractivity contribution in [1.29, 1.82) is 0 Å². The Hall–Kier alpha value is -3.15. The molecule has 0 spiro atoms. The summed E-state index contributed by atoms with van der Waals surface area (Å²) in [5.74, 6) is -1.96. The molecule has 1 aliphatic rings. The van der Waals surface area contributed by atoms with Crippen LogP contribution in [-0.2, 0) is 33.8 Å². The van der Waals surface area contributed by atoms with Crippen molar-refractivity contribution in [2.24, 2.45) is 0 Å². The van der Waals surface area contributed by atoms with Gasteiger partial charge in [-0.15, -0.1) is 0 Å². The number of carbonyl (C=O) groups excluding carboxylic acids is 3. The van der Waals surface area contributed by atoms with Gasteiger partial charge in [0.25, 0.3) is 0 Å². The fourth-order valence-corrected chi connectivity index (χ4v) is 2.95. The van der Waals surface area contributed by atoms with Gasteiger partial charge in [0.2, 0.25) is 5.91 Å². The summed E-state index contributed by atoms with van der Waals surface area (Å²) < 4.78 is 0. The van der Waals surface area contributed by atoms with Crippen LogP contribution < -0.4 is 16.0 Å². The molecule has 0 saturated carbocycles. The Kier molecular flexibility index (Phi) is 5.63. The number of amides is 3. The van der Waals surface area contributed by atoms with E-state index in [0.29, 0.717) is 5.69 Å². The summed E-state index contributed by atoms with van der Waals surface area (Å²) >= 11 is 0. The van der Waals surface area contributed by atoms with Crippen molar-refractivity contribution < 1.29 is 14.4 Å². The average Bonchev–Trinajstić information content (AvgIpc) is 3.12. The SMILES string of the molecule is O=C(CNC(=O)C(=O)NCc1ccccc1)Nc1ccc2c(c1)CCC2. The minimum absolute atomic E-state index is 0.255. The first-order valence-corrected chi connectivity index (χ1v) is 8.63. The summed E-state index contributed by atoms with van der Waals surface area (Å²) in [7, 11) is 0. The molecule has 0 unspecified atom stereocenters. The number of anilines is 1. The van der Waals surface area contributed by atoms with Crippen LogP contribution in [0.4, 0.5) is 5.69 Å². The van der Waals surface area contributed by atoms with Gasteiger partial charge in [0, 0.05) is 12.2 Å². The number of fused-ring (bicyclic) bond motifs is 1. The lowest BCUT2D eigenvalue weighted by molar-refractivity contribution is -0.139. The summed E-state index contributed by atoms with van der Waals surface area (Å²) in [6.07, 6.45) is 3.25. The van der Waals surface area contributed by atoms with Gasteiger partial charge >= 0.3 is 11.8 Å². The highest BCUT2D eigenvalue weighted by molar-refractivity contribution is 6.35. The van der Waals surface area contributed by atoms with E-state index in [9.17, 15) is 14.4 Å². The van der Waals surface area contributed by atoms with Crippen LogP contribution in [0.5, 0.6) is 0 Å². The zero-order chi connectivity index (χ0) is 18.4. The fourth-order valence-electron chi connectivity index (χ4n) is 2.95. The molecule has 26 heavy (non-hydrogen) atoms. The predicted molar refractivity (Wildman–Crippen MR) is 98.4 cm³/mol. The Morgan fingerprint density at radius 2 is 1.58 bits per heavy atom. The van der Waals surface area contributed by atoms with E-state index in [-0.39, 0.29) is 19.0 Å². The summed E-state index contributed by atoms with van der Waals surface area (Å²) in [5, 5.41) is 7.58. The van der Waals surface area contributed by atoms with Gasteiger partial charge in [0.05, 0.1) is 6.54 Å². The van der Waals surface area contributed by atoms with Gasteiger partial charge in [-0.1, -0.05) is 36.4 Å². The van der Waals surface area contributed by atoms with E-state index >= 15 is 0 Å². The number of carbonyl (C=O) groups is 3. The molecule has 2 aromatic rings. The molecule has 0 aromatic heterocycles. The van der Waals surface area contributed by atoms with Crippen LogP contribution in [0, 0.1) is 0 Å². The van der Waals surface area contributed by atoms with Gasteiger partial charge < -0.3 is 16.0 Å². The molecule has 1 aliphatic carbocycles. The first-order valence-electron chi connectivity index (χ1n) is 8.63. The highest BCUT2D eigenvalue weighted by atomic mass is 16.2. The zero-order valence-corrected chi connectivity index (χ0v) is 14.4. The summed E-state index contributed by atoms with van der Waals surface area (Å²) in [5.41, 5.74) is 4.18. The number of rotatable bonds is 5. The molecule has 3 N–H and O–H groups in total. The Bertz CT molecular complexity index is 818. The first kappa shape index (κ1) is 17.7. The molecule has 3 amide bonds. The lowest BCUT2D eigenvalue weighted by atomic mass is 10.1. The molecule has 2 aromatic carbocycles. The average molecular weight is 351 g/mol. The Balaban J connectivity index is 1.42. The fraction of sp³-hybridized carbons (Fsp3) is 0.250. The van der Waals surface area contributed by atoms with Crippen LogP contribution in [0.2, 0.25) is 0 Å². The van der Waals surface area contributed by atoms with Crippen molar-refractivity contribution in [3.8, 4) is 0 Å². The van der Waals surface area contributed by atoms with Crippen molar-refractivity contribution in [1.82, 2.24) is 10.6 Å². The second-order valence-corrected chi connectivity index (χ2v) is 6.24. The largest absolute Gasteiger partial charge is 0.344 e. The predicted octanol–water partition coefficient (Wildman–Crippen LogP) is 1.55. The van der Waals surface area contributed by atoms with Crippen molar-refractivity contribution in [2.45, 2.75) is 25.8 Å². The maximum atomic E-state index is 12.0. The number of aryl methyl sites for hydroxylation is 2. The zero-order valence-electron chi connectivity index (χ0n) is 14.4. The topological polar surface area (TPSA) is 87.3 Å². The molecule has 0 radical (unpaired) electrons. The Morgan fingerprint density at radius 3 is 2.38 bits per heavy atom. The Labute approximate surface area is 152 Å². The van der Waals surface area contributed by atoms with Gasteiger partial charge in [-0.05, 0) is 48.1 Å². The summed E-state index contributed by atoms with van der Waals surface area (Å²) in [4.78, 5) is 35.5. The molecule has 6 heteroatoms. The van der Waals surface area contributed by atoms with Gasteiger partial charge in [-0.2, -0.15) is 0 Å². The van der Waals surface area contributed by atoms with Gasteiger partial charge in [0.15, 0.2) is 0 Å². The molecular weight excluding hydrogens is 330 g/mol. The van der Waals surface area contributed by atoms with Crippen molar-refractivity contribution in [3.63, 3.8) is 0 Å². The number of hydrogen-bond acceptors (Lipinski definition) is 3. The molecule has 0 atom stereocenters. The van der Waals surface area contributed by atoms with Crippen LogP contribution >= 0.6 is 0 Å². The quantitative estimate of drug-likeness (QED) is 0.714. The first-order chi connectivity index (χ1) is 12.6.